The number of phenolic OH excluding ortho intramolecular Hbond substituents is 1. The minimum Gasteiger partial charge on any atom is -0.504 e. The van der Waals surface area contributed by atoms with E-state index in [0.717, 1.165) is 10.6 Å². The Labute approximate surface area is 163 Å². The molecule has 3 aromatic rings. The molecule has 0 amide bonds. The first-order valence-corrected chi connectivity index (χ1v) is 9.08. The van der Waals surface area contributed by atoms with Gasteiger partial charge >= 0.3 is 0 Å². The fourth-order valence-electron chi connectivity index (χ4n) is 3.56. The number of aromatic hydroxyl groups is 1. The highest BCUT2D eigenvalue weighted by atomic mass is 19.1. The number of fused-ring (bicyclic) bond motifs is 1. The van der Waals surface area contributed by atoms with E-state index in [1.807, 2.05) is 0 Å². The van der Waals surface area contributed by atoms with Crippen LogP contribution in [0.25, 0.3) is 16.7 Å². The fraction of sp³-hybridized carbons (Fsp3) is 0.300. The largest absolute Gasteiger partial charge is 0.504 e. The number of aromatic nitrogens is 2. The minimum atomic E-state index is -0.996. The molecule has 6 nitrogen and oxygen atoms in total. The third kappa shape index (κ3) is 2.93. The number of anilines is 1. The molecule has 0 unspecified atom stereocenters. The van der Waals surface area contributed by atoms with Crippen LogP contribution < -0.4 is 10.3 Å². The van der Waals surface area contributed by atoms with E-state index < -0.39 is 34.7 Å². The zero-order chi connectivity index (χ0) is 21.0. The summed E-state index contributed by atoms with van der Waals surface area (Å²) >= 11 is 0. The van der Waals surface area contributed by atoms with Crippen LogP contribution in [0.5, 0.6) is 5.75 Å². The minimum absolute atomic E-state index is 0.0704. The van der Waals surface area contributed by atoms with E-state index in [2.05, 4.69) is 4.98 Å². The number of phenols is 1. The molecule has 29 heavy (non-hydrogen) atoms. The van der Waals surface area contributed by atoms with Gasteiger partial charge in [-0.05, 0) is 19.4 Å². The van der Waals surface area contributed by atoms with Gasteiger partial charge in [0, 0.05) is 30.9 Å². The van der Waals surface area contributed by atoms with Crippen molar-refractivity contribution in [3.63, 3.8) is 0 Å². The normalized spacial score (nSPS) is 14.5. The SMILES string of the molecule is CCc1cn(-c2nc(C)c(F)cc2F)c2c(O)c(N3CC(O)C3)c(F)cc2c1=O. The summed E-state index contributed by atoms with van der Waals surface area (Å²) < 4.78 is 44.2. The first-order chi connectivity index (χ1) is 13.7. The predicted molar refractivity (Wildman–Crippen MR) is 101 cm³/mol. The van der Waals surface area contributed by atoms with Gasteiger partial charge in [0.05, 0.1) is 17.2 Å². The summed E-state index contributed by atoms with van der Waals surface area (Å²) in [6, 6.07) is 1.65. The maximum atomic E-state index is 14.8. The van der Waals surface area contributed by atoms with E-state index in [0.29, 0.717) is 6.07 Å². The monoisotopic (exact) mass is 405 g/mol. The summed E-state index contributed by atoms with van der Waals surface area (Å²) in [7, 11) is 0. The molecule has 4 rings (SSSR count). The van der Waals surface area contributed by atoms with Crippen molar-refractivity contribution in [2.75, 3.05) is 18.0 Å². The van der Waals surface area contributed by atoms with E-state index in [1.165, 1.54) is 18.0 Å². The Morgan fingerprint density at radius 3 is 2.48 bits per heavy atom. The summed E-state index contributed by atoms with van der Waals surface area (Å²) in [5, 5.41) is 20.2. The van der Waals surface area contributed by atoms with Crippen LogP contribution in [0.1, 0.15) is 18.2 Å². The van der Waals surface area contributed by atoms with Gasteiger partial charge in [0.25, 0.3) is 0 Å². The third-order valence-corrected chi connectivity index (χ3v) is 5.14. The molecule has 9 heteroatoms. The number of aryl methyl sites for hydroxylation is 2. The lowest BCUT2D eigenvalue weighted by Crippen LogP contribution is -2.51. The van der Waals surface area contributed by atoms with Crippen LogP contribution in [0.2, 0.25) is 0 Å². The number of benzene rings is 1. The Bertz CT molecular complexity index is 1200. The van der Waals surface area contributed by atoms with Crippen molar-refractivity contribution >= 4 is 16.6 Å². The maximum absolute atomic E-state index is 14.8. The first-order valence-electron chi connectivity index (χ1n) is 9.08. The zero-order valence-corrected chi connectivity index (χ0v) is 15.7. The summed E-state index contributed by atoms with van der Waals surface area (Å²) in [6.45, 7) is 3.28. The van der Waals surface area contributed by atoms with Crippen molar-refractivity contribution < 1.29 is 23.4 Å². The van der Waals surface area contributed by atoms with Crippen molar-refractivity contribution in [3.8, 4) is 11.6 Å². The lowest BCUT2D eigenvalue weighted by atomic mass is 10.0. The van der Waals surface area contributed by atoms with E-state index in [9.17, 15) is 28.2 Å². The highest BCUT2D eigenvalue weighted by Gasteiger charge is 2.31. The Morgan fingerprint density at radius 1 is 1.17 bits per heavy atom. The van der Waals surface area contributed by atoms with Crippen molar-refractivity contribution in [2.24, 2.45) is 0 Å². The van der Waals surface area contributed by atoms with Crippen molar-refractivity contribution in [1.29, 1.82) is 0 Å². The number of aliphatic hydroxyl groups is 1. The van der Waals surface area contributed by atoms with E-state index in [1.54, 1.807) is 6.92 Å². The van der Waals surface area contributed by atoms with Gasteiger partial charge in [-0.15, -0.1) is 0 Å². The quantitative estimate of drug-likeness (QED) is 0.700. The molecule has 1 aliphatic heterocycles. The summed E-state index contributed by atoms with van der Waals surface area (Å²) in [5.74, 6) is -3.56. The van der Waals surface area contributed by atoms with Gasteiger partial charge in [-0.1, -0.05) is 6.92 Å². The summed E-state index contributed by atoms with van der Waals surface area (Å²) in [5.41, 5.74) is -0.644. The van der Waals surface area contributed by atoms with E-state index in [4.69, 9.17) is 0 Å². The van der Waals surface area contributed by atoms with Crippen LogP contribution in [0.15, 0.2) is 23.1 Å². The van der Waals surface area contributed by atoms with Crippen molar-refractivity contribution in [2.45, 2.75) is 26.4 Å². The van der Waals surface area contributed by atoms with Gasteiger partial charge in [0.15, 0.2) is 28.6 Å². The summed E-state index contributed by atoms with van der Waals surface area (Å²) in [6.07, 6.45) is 0.937. The third-order valence-electron chi connectivity index (χ3n) is 5.14. The molecule has 0 bridgehead atoms. The predicted octanol–water partition coefficient (Wildman–Crippen LogP) is 2.56. The number of halogens is 3. The van der Waals surface area contributed by atoms with Gasteiger partial charge in [-0.3, -0.25) is 9.36 Å². The topological polar surface area (TPSA) is 78.6 Å². The molecule has 152 valence electrons. The van der Waals surface area contributed by atoms with Crippen LogP contribution in [0.4, 0.5) is 18.9 Å². The fourth-order valence-corrected chi connectivity index (χ4v) is 3.56. The molecule has 3 heterocycles. The molecule has 1 aromatic carbocycles. The molecule has 1 fully saturated rings. The lowest BCUT2D eigenvalue weighted by molar-refractivity contribution is 0.141. The smallest absolute Gasteiger partial charge is 0.192 e. The molecule has 2 N–H and O–H groups in total. The van der Waals surface area contributed by atoms with Crippen molar-refractivity contribution in [3.05, 3.63) is 57.3 Å². The summed E-state index contributed by atoms with van der Waals surface area (Å²) in [4.78, 5) is 18.1. The molecular weight excluding hydrogens is 387 g/mol. The Kier molecular flexibility index (Phi) is 4.49. The number of rotatable bonds is 3. The maximum Gasteiger partial charge on any atom is 0.192 e. The van der Waals surface area contributed by atoms with Gasteiger partial charge < -0.3 is 15.1 Å². The van der Waals surface area contributed by atoms with Gasteiger partial charge in [0.2, 0.25) is 0 Å². The lowest BCUT2D eigenvalue weighted by Gasteiger charge is -2.38. The average Bonchev–Trinajstić information content (AvgIpc) is 2.64. The average molecular weight is 405 g/mol. The molecule has 2 aromatic heterocycles. The van der Waals surface area contributed by atoms with Gasteiger partial charge in [-0.2, -0.15) is 0 Å². The van der Waals surface area contributed by atoms with Crippen LogP contribution in [-0.4, -0.2) is 39.0 Å². The van der Waals surface area contributed by atoms with Gasteiger partial charge in [0.1, 0.15) is 17.0 Å². The Hall–Kier alpha value is -3.07. The number of hydrogen-bond acceptors (Lipinski definition) is 5. The standard InChI is InChI=1S/C20H18F3N3O3/c1-3-10-6-26(20-15(23)5-13(21)9(2)24-20)16-12(18(10)28)4-14(22)17(19(16)29)25-7-11(27)8-25/h4-6,11,27,29H,3,7-8H2,1-2H3. The van der Waals surface area contributed by atoms with Crippen LogP contribution in [-0.2, 0) is 6.42 Å². The highest BCUT2D eigenvalue weighted by molar-refractivity contribution is 5.92. The van der Waals surface area contributed by atoms with Gasteiger partial charge in [-0.25, -0.2) is 18.2 Å². The van der Waals surface area contributed by atoms with Crippen LogP contribution in [0, 0.1) is 24.4 Å². The highest BCUT2D eigenvalue weighted by Crippen LogP contribution is 2.40. The van der Waals surface area contributed by atoms with Crippen LogP contribution in [0.3, 0.4) is 0 Å². The molecule has 0 radical (unpaired) electrons. The van der Waals surface area contributed by atoms with Crippen molar-refractivity contribution in [1.82, 2.24) is 9.55 Å². The molecular formula is C20H18F3N3O3. The number of nitrogens with zero attached hydrogens (tertiary/aromatic N) is 3. The first kappa shape index (κ1) is 19.3. The Morgan fingerprint density at radius 2 is 1.86 bits per heavy atom. The molecule has 0 spiro atoms. The number of β-amino-alcohol motifs (C(OH)–C–C–N with tert-alkyl or cyclic N) is 1. The molecule has 0 aliphatic carbocycles. The second-order valence-electron chi connectivity index (χ2n) is 7.08. The number of pyridine rings is 2. The van der Waals surface area contributed by atoms with E-state index >= 15 is 0 Å². The second kappa shape index (κ2) is 6.77. The second-order valence-corrected chi connectivity index (χ2v) is 7.08. The molecule has 1 aliphatic rings. The number of aliphatic hydroxyl groups excluding tert-OH is 1. The Balaban J connectivity index is 2.11. The number of hydrogen-bond donors (Lipinski definition) is 2. The molecule has 0 atom stereocenters. The van der Waals surface area contributed by atoms with Crippen LogP contribution >= 0.6 is 0 Å². The molecule has 0 saturated carbocycles. The molecule has 1 saturated heterocycles. The van der Waals surface area contributed by atoms with E-state index in [-0.39, 0.29) is 53.2 Å². The zero-order valence-electron chi connectivity index (χ0n) is 15.7.